The van der Waals surface area contributed by atoms with Crippen LogP contribution in [0.25, 0.3) is 11.6 Å². The fourth-order valence-electron chi connectivity index (χ4n) is 1.93. The molecular weight excluding hydrogens is 132 g/mol. The van der Waals surface area contributed by atoms with Crippen LogP contribution < -0.4 is 0 Å². The summed E-state index contributed by atoms with van der Waals surface area (Å²) in [5.74, 6) is 0. The lowest BCUT2D eigenvalue weighted by molar-refractivity contribution is 1.31. The van der Waals surface area contributed by atoms with Gasteiger partial charge in [-0.3, -0.25) is 0 Å². The van der Waals surface area contributed by atoms with E-state index in [0.29, 0.717) is 0 Å². The van der Waals surface area contributed by atoms with E-state index in [1.165, 1.54) is 22.3 Å². The van der Waals surface area contributed by atoms with Crippen molar-refractivity contribution in [3.63, 3.8) is 0 Å². The minimum atomic E-state index is 1.13. The Morgan fingerprint density at radius 2 is 2.09 bits per heavy atom. The molecule has 0 saturated heterocycles. The molecule has 0 spiro atoms. The molecule has 1 aromatic rings. The molecule has 11 heavy (non-hydrogen) atoms. The molecule has 0 bridgehead atoms. The van der Waals surface area contributed by atoms with Gasteiger partial charge in [-0.15, -0.1) is 0 Å². The molecule has 0 aliphatic heterocycles. The number of hydrogen-bond donors (Lipinski definition) is 0. The van der Waals surface area contributed by atoms with Crippen LogP contribution in [-0.2, 0) is 6.42 Å². The summed E-state index contributed by atoms with van der Waals surface area (Å²) in [6, 6.07) is 6.54. The van der Waals surface area contributed by atoms with E-state index in [1.807, 2.05) is 0 Å². The van der Waals surface area contributed by atoms with Gasteiger partial charge in [0.2, 0.25) is 0 Å². The van der Waals surface area contributed by atoms with Crippen molar-refractivity contribution in [3.05, 3.63) is 47.0 Å². The molecule has 3 rings (SSSR count). The molecule has 0 aromatic heterocycles. The van der Waals surface area contributed by atoms with Crippen LogP contribution in [0, 0.1) is 0 Å². The molecule has 2 aliphatic carbocycles. The van der Waals surface area contributed by atoms with E-state index in [4.69, 9.17) is 0 Å². The Balaban J connectivity index is 2.46. The number of benzene rings is 1. The topological polar surface area (TPSA) is 0 Å². The first-order chi connectivity index (χ1) is 5.45. The van der Waals surface area contributed by atoms with Crippen LogP contribution in [0.1, 0.15) is 16.7 Å². The third-order valence-electron chi connectivity index (χ3n) is 2.46. The fraction of sp³-hybridized carbons (Fsp3) is 0.0909. The zero-order valence-electron chi connectivity index (χ0n) is 6.17. The van der Waals surface area contributed by atoms with Gasteiger partial charge in [-0.25, -0.2) is 0 Å². The number of hydrogen-bond acceptors (Lipinski definition) is 0. The predicted octanol–water partition coefficient (Wildman–Crippen LogP) is 2.65. The van der Waals surface area contributed by atoms with E-state index < -0.39 is 0 Å². The first-order valence-electron chi connectivity index (χ1n) is 3.96. The third kappa shape index (κ3) is 0.548. The summed E-state index contributed by atoms with van der Waals surface area (Å²) in [4.78, 5) is 0. The first kappa shape index (κ1) is 5.36. The summed E-state index contributed by atoms with van der Waals surface area (Å²) in [6.07, 6.45) is 7.84. The Bertz CT molecular complexity index is 381. The monoisotopic (exact) mass is 140 g/mol. The molecule has 1 aromatic carbocycles. The van der Waals surface area contributed by atoms with Crippen LogP contribution in [0.5, 0.6) is 0 Å². The van der Waals surface area contributed by atoms with Gasteiger partial charge < -0.3 is 0 Å². The van der Waals surface area contributed by atoms with E-state index in [-0.39, 0.29) is 0 Å². The first-order valence-corrected chi connectivity index (χ1v) is 3.96. The van der Waals surface area contributed by atoms with Crippen molar-refractivity contribution < 1.29 is 0 Å². The summed E-state index contributed by atoms with van der Waals surface area (Å²) >= 11 is 0. The van der Waals surface area contributed by atoms with E-state index in [0.717, 1.165) is 6.42 Å². The summed E-state index contributed by atoms with van der Waals surface area (Å²) in [6.45, 7) is 0. The Kier molecular flexibility index (Phi) is 0.803. The minimum absolute atomic E-state index is 1.13. The van der Waals surface area contributed by atoms with Crippen LogP contribution in [0.2, 0.25) is 0 Å². The van der Waals surface area contributed by atoms with Crippen molar-refractivity contribution >= 4 is 11.6 Å². The fourth-order valence-corrected chi connectivity index (χ4v) is 1.93. The summed E-state index contributed by atoms with van der Waals surface area (Å²) in [5.41, 5.74) is 5.79. The number of rotatable bonds is 0. The van der Waals surface area contributed by atoms with Crippen LogP contribution in [-0.4, -0.2) is 0 Å². The van der Waals surface area contributed by atoms with E-state index in [9.17, 15) is 0 Å². The van der Waals surface area contributed by atoms with Crippen molar-refractivity contribution in [1.82, 2.24) is 0 Å². The van der Waals surface area contributed by atoms with Crippen LogP contribution in [0.3, 0.4) is 0 Å². The van der Waals surface area contributed by atoms with Gasteiger partial charge in [-0.1, -0.05) is 36.4 Å². The lowest BCUT2D eigenvalue weighted by Gasteiger charge is -1.99. The maximum atomic E-state index is 2.30. The lowest BCUT2D eigenvalue weighted by atomic mass is 10.0. The molecule has 0 fully saturated rings. The van der Waals surface area contributed by atoms with Gasteiger partial charge in [0.15, 0.2) is 0 Å². The Morgan fingerprint density at radius 1 is 1.09 bits per heavy atom. The predicted molar refractivity (Wildman–Crippen MR) is 47.2 cm³/mol. The van der Waals surface area contributed by atoms with Crippen LogP contribution in [0.15, 0.2) is 30.4 Å². The molecule has 0 N–H and O–H groups in total. The zero-order valence-corrected chi connectivity index (χ0v) is 6.17. The van der Waals surface area contributed by atoms with Crippen molar-refractivity contribution in [1.29, 1.82) is 0 Å². The highest BCUT2D eigenvalue weighted by molar-refractivity contribution is 5.93. The van der Waals surface area contributed by atoms with Crippen molar-refractivity contribution in [2.45, 2.75) is 6.42 Å². The molecule has 2 aliphatic rings. The normalized spacial score (nSPS) is 16.9. The van der Waals surface area contributed by atoms with Crippen LogP contribution >= 0.6 is 0 Å². The van der Waals surface area contributed by atoms with Crippen LogP contribution in [0.4, 0.5) is 0 Å². The third-order valence-corrected chi connectivity index (χ3v) is 2.46. The van der Waals surface area contributed by atoms with Gasteiger partial charge in [0.1, 0.15) is 0 Å². The highest BCUT2D eigenvalue weighted by atomic mass is 14.2. The SMILES string of the molecule is C1=Cc2cccc3c2C1=CC3. The smallest absolute Gasteiger partial charge is 0.00793 e. The summed E-state index contributed by atoms with van der Waals surface area (Å²) in [7, 11) is 0. The average molecular weight is 140 g/mol. The summed E-state index contributed by atoms with van der Waals surface area (Å²) in [5, 5.41) is 0. The molecule has 0 nitrogen and oxygen atoms in total. The Labute approximate surface area is 65.9 Å². The van der Waals surface area contributed by atoms with Gasteiger partial charge >= 0.3 is 0 Å². The zero-order chi connectivity index (χ0) is 7.26. The van der Waals surface area contributed by atoms with Gasteiger partial charge in [0.25, 0.3) is 0 Å². The molecule has 0 heterocycles. The average Bonchev–Trinajstić information content (AvgIpc) is 2.60. The molecule has 0 amide bonds. The maximum absolute atomic E-state index is 2.30. The highest BCUT2D eigenvalue weighted by Crippen LogP contribution is 2.36. The second-order valence-electron chi connectivity index (χ2n) is 3.08. The van der Waals surface area contributed by atoms with E-state index in [1.54, 1.807) is 0 Å². The summed E-state index contributed by atoms with van der Waals surface area (Å²) < 4.78 is 0. The molecular formula is C11H8. The number of allylic oxidation sites excluding steroid dienone is 3. The second kappa shape index (κ2) is 1.65. The second-order valence-corrected chi connectivity index (χ2v) is 3.08. The molecule has 0 saturated carbocycles. The Hall–Kier alpha value is -1.30. The Morgan fingerprint density at radius 3 is 3.09 bits per heavy atom. The van der Waals surface area contributed by atoms with Crippen molar-refractivity contribution in [2.75, 3.05) is 0 Å². The molecule has 0 heteroatoms. The minimum Gasteiger partial charge on any atom is -0.0722 e. The van der Waals surface area contributed by atoms with Gasteiger partial charge in [0, 0.05) is 0 Å². The molecule has 0 radical (unpaired) electrons. The van der Waals surface area contributed by atoms with Gasteiger partial charge in [0.05, 0.1) is 0 Å². The van der Waals surface area contributed by atoms with E-state index in [2.05, 4.69) is 36.4 Å². The standard InChI is InChI=1S/C11H8/c1-2-8-4-6-10-7-5-9(3-1)11(8)10/h1-4,6-7H,5H2. The largest absolute Gasteiger partial charge is 0.0722 e. The van der Waals surface area contributed by atoms with Gasteiger partial charge in [-0.05, 0) is 28.7 Å². The van der Waals surface area contributed by atoms with Crippen molar-refractivity contribution in [2.24, 2.45) is 0 Å². The van der Waals surface area contributed by atoms with Gasteiger partial charge in [-0.2, -0.15) is 0 Å². The quantitative estimate of drug-likeness (QED) is 0.519. The molecule has 0 atom stereocenters. The van der Waals surface area contributed by atoms with Crippen molar-refractivity contribution in [3.8, 4) is 0 Å². The highest BCUT2D eigenvalue weighted by Gasteiger charge is 2.17. The molecule has 52 valence electrons. The van der Waals surface area contributed by atoms with E-state index >= 15 is 0 Å². The lowest BCUT2D eigenvalue weighted by Crippen LogP contribution is -1.82. The molecule has 0 unspecified atom stereocenters. The maximum Gasteiger partial charge on any atom is -0.00793 e.